The van der Waals surface area contributed by atoms with Crippen LogP contribution in [0.2, 0.25) is 0 Å². The fraction of sp³-hybridized carbons (Fsp3) is 0.231. The average Bonchev–Trinajstić information content (AvgIpc) is 2.64. The molecular weight excluding hydrogens is 266 g/mol. The monoisotopic (exact) mass is 279 g/mol. The standard InChI is InChI=1S/C13H14BrNO/c1-9-4-3-5-11(8-9)15-10(2)13-12(14)6-7-16-13/h3-8,10,15H,1-2H3. The molecule has 1 aromatic carbocycles. The Morgan fingerprint density at radius 3 is 2.75 bits per heavy atom. The zero-order valence-corrected chi connectivity index (χ0v) is 10.9. The Morgan fingerprint density at radius 1 is 1.31 bits per heavy atom. The van der Waals surface area contributed by atoms with Crippen LogP contribution in [-0.4, -0.2) is 0 Å². The largest absolute Gasteiger partial charge is 0.466 e. The van der Waals surface area contributed by atoms with E-state index in [1.165, 1.54) is 5.56 Å². The smallest absolute Gasteiger partial charge is 0.139 e. The highest BCUT2D eigenvalue weighted by Gasteiger charge is 2.12. The number of benzene rings is 1. The zero-order valence-electron chi connectivity index (χ0n) is 9.33. The van der Waals surface area contributed by atoms with E-state index in [4.69, 9.17) is 4.42 Å². The van der Waals surface area contributed by atoms with Crippen molar-refractivity contribution in [3.05, 3.63) is 52.4 Å². The lowest BCUT2D eigenvalue weighted by Gasteiger charge is -2.13. The van der Waals surface area contributed by atoms with Gasteiger partial charge in [-0.25, -0.2) is 0 Å². The number of hydrogen-bond acceptors (Lipinski definition) is 2. The summed E-state index contributed by atoms with van der Waals surface area (Å²) in [4.78, 5) is 0. The van der Waals surface area contributed by atoms with E-state index in [2.05, 4.69) is 53.3 Å². The van der Waals surface area contributed by atoms with Crippen molar-refractivity contribution in [2.75, 3.05) is 5.32 Å². The summed E-state index contributed by atoms with van der Waals surface area (Å²) in [6, 6.07) is 10.4. The van der Waals surface area contributed by atoms with Gasteiger partial charge in [-0.1, -0.05) is 12.1 Å². The zero-order chi connectivity index (χ0) is 11.5. The van der Waals surface area contributed by atoms with Crippen LogP contribution < -0.4 is 5.32 Å². The van der Waals surface area contributed by atoms with E-state index >= 15 is 0 Å². The lowest BCUT2D eigenvalue weighted by Crippen LogP contribution is -2.06. The molecule has 84 valence electrons. The number of hydrogen-bond donors (Lipinski definition) is 1. The average molecular weight is 280 g/mol. The summed E-state index contributed by atoms with van der Waals surface area (Å²) in [5.74, 6) is 0.918. The van der Waals surface area contributed by atoms with E-state index in [9.17, 15) is 0 Å². The molecule has 0 aliphatic heterocycles. The van der Waals surface area contributed by atoms with Gasteiger partial charge in [0.05, 0.1) is 16.8 Å². The molecular formula is C13H14BrNO. The molecule has 0 saturated carbocycles. The van der Waals surface area contributed by atoms with Crippen LogP contribution in [0.15, 0.2) is 45.5 Å². The maximum Gasteiger partial charge on any atom is 0.139 e. The van der Waals surface area contributed by atoms with Crippen LogP contribution in [0.5, 0.6) is 0 Å². The number of halogens is 1. The van der Waals surface area contributed by atoms with Gasteiger partial charge in [0.1, 0.15) is 5.76 Å². The Morgan fingerprint density at radius 2 is 2.12 bits per heavy atom. The second kappa shape index (κ2) is 4.74. The predicted molar refractivity (Wildman–Crippen MR) is 69.6 cm³/mol. The maximum atomic E-state index is 5.42. The van der Waals surface area contributed by atoms with Gasteiger partial charge in [-0.15, -0.1) is 0 Å². The first kappa shape index (κ1) is 11.3. The molecule has 0 fully saturated rings. The van der Waals surface area contributed by atoms with E-state index in [0.29, 0.717) is 0 Å². The molecule has 1 aromatic heterocycles. The third kappa shape index (κ3) is 2.47. The van der Waals surface area contributed by atoms with E-state index in [0.717, 1.165) is 15.9 Å². The Balaban J connectivity index is 2.14. The highest BCUT2D eigenvalue weighted by Crippen LogP contribution is 2.27. The Labute approximate surface area is 104 Å². The van der Waals surface area contributed by atoms with Gasteiger partial charge in [0.2, 0.25) is 0 Å². The molecule has 2 rings (SSSR count). The van der Waals surface area contributed by atoms with Crippen LogP contribution in [0.25, 0.3) is 0 Å². The third-order valence-corrected chi connectivity index (χ3v) is 3.09. The van der Waals surface area contributed by atoms with Gasteiger partial charge < -0.3 is 9.73 Å². The van der Waals surface area contributed by atoms with Crippen molar-refractivity contribution in [2.45, 2.75) is 19.9 Å². The molecule has 2 aromatic rings. The first-order valence-corrected chi connectivity index (χ1v) is 6.02. The van der Waals surface area contributed by atoms with Gasteiger partial charge in [0.15, 0.2) is 0 Å². The van der Waals surface area contributed by atoms with E-state index in [1.54, 1.807) is 6.26 Å². The topological polar surface area (TPSA) is 25.2 Å². The minimum Gasteiger partial charge on any atom is -0.466 e. The van der Waals surface area contributed by atoms with Gasteiger partial charge in [0, 0.05) is 5.69 Å². The molecule has 1 N–H and O–H groups in total. The summed E-state index contributed by atoms with van der Waals surface area (Å²) in [6.45, 7) is 4.16. The lowest BCUT2D eigenvalue weighted by atomic mass is 10.2. The van der Waals surface area contributed by atoms with Crippen LogP contribution in [0.4, 0.5) is 5.69 Å². The van der Waals surface area contributed by atoms with Gasteiger partial charge >= 0.3 is 0 Å². The first-order chi connectivity index (χ1) is 7.66. The van der Waals surface area contributed by atoms with Crippen LogP contribution in [0.3, 0.4) is 0 Å². The number of furan rings is 1. The fourth-order valence-corrected chi connectivity index (χ4v) is 2.21. The van der Waals surface area contributed by atoms with Crippen molar-refractivity contribution in [1.82, 2.24) is 0 Å². The fourth-order valence-electron chi connectivity index (χ4n) is 1.66. The second-order valence-electron chi connectivity index (χ2n) is 3.87. The van der Waals surface area contributed by atoms with Gasteiger partial charge in [-0.2, -0.15) is 0 Å². The molecule has 0 aliphatic rings. The summed E-state index contributed by atoms with van der Waals surface area (Å²) in [5, 5.41) is 3.40. The highest BCUT2D eigenvalue weighted by molar-refractivity contribution is 9.10. The van der Waals surface area contributed by atoms with Crippen molar-refractivity contribution >= 4 is 21.6 Å². The summed E-state index contributed by atoms with van der Waals surface area (Å²) < 4.78 is 6.42. The van der Waals surface area contributed by atoms with Gasteiger partial charge in [-0.3, -0.25) is 0 Å². The molecule has 1 unspecified atom stereocenters. The van der Waals surface area contributed by atoms with Gasteiger partial charge in [0.25, 0.3) is 0 Å². The molecule has 0 amide bonds. The Kier molecular flexibility index (Phi) is 3.34. The van der Waals surface area contributed by atoms with Crippen LogP contribution in [0.1, 0.15) is 24.3 Å². The van der Waals surface area contributed by atoms with Crippen molar-refractivity contribution in [1.29, 1.82) is 0 Å². The number of anilines is 1. The van der Waals surface area contributed by atoms with Crippen LogP contribution in [0, 0.1) is 6.92 Å². The Bertz CT molecular complexity index is 478. The Hall–Kier alpha value is -1.22. The summed E-state index contributed by atoms with van der Waals surface area (Å²) in [6.07, 6.45) is 1.69. The molecule has 16 heavy (non-hydrogen) atoms. The molecule has 0 saturated heterocycles. The molecule has 0 bridgehead atoms. The summed E-state index contributed by atoms with van der Waals surface area (Å²) in [5.41, 5.74) is 2.35. The molecule has 0 aliphatic carbocycles. The van der Waals surface area contributed by atoms with Crippen LogP contribution >= 0.6 is 15.9 Å². The SMILES string of the molecule is Cc1cccc(NC(C)c2occc2Br)c1. The number of rotatable bonds is 3. The van der Waals surface area contributed by atoms with Crippen molar-refractivity contribution in [2.24, 2.45) is 0 Å². The maximum absolute atomic E-state index is 5.42. The van der Waals surface area contributed by atoms with E-state index < -0.39 is 0 Å². The molecule has 0 radical (unpaired) electrons. The number of aryl methyl sites for hydroxylation is 1. The van der Waals surface area contributed by atoms with Crippen molar-refractivity contribution in [3.8, 4) is 0 Å². The van der Waals surface area contributed by atoms with Crippen molar-refractivity contribution in [3.63, 3.8) is 0 Å². The molecule has 1 heterocycles. The highest BCUT2D eigenvalue weighted by atomic mass is 79.9. The summed E-state index contributed by atoms with van der Waals surface area (Å²) in [7, 11) is 0. The minimum absolute atomic E-state index is 0.145. The van der Waals surface area contributed by atoms with E-state index in [1.807, 2.05) is 12.1 Å². The number of nitrogens with one attached hydrogen (secondary N) is 1. The molecule has 1 atom stereocenters. The lowest BCUT2D eigenvalue weighted by molar-refractivity contribution is 0.488. The molecule has 0 spiro atoms. The first-order valence-electron chi connectivity index (χ1n) is 5.23. The molecule has 2 nitrogen and oxygen atoms in total. The second-order valence-corrected chi connectivity index (χ2v) is 4.72. The molecule has 3 heteroatoms. The predicted octanol–water partition coefficient (Wildman–Crippen LogP) is 4.52. The summed E-state index contributed by atoms with van der Waals surface area (Å²) >= 11 is 3.46. The van der Waals surface area contributed by atoms with E-state index in [-0.39, 0.29) is 6.04 Å². The minimum atomic E-state index is 0.145. The van der Waals surface area contributed by atoms with Crippen LogP contribution in [-0.2, 0) is 0 Å². The third-order valence-electron chi connectivity index (χ3n) is 2.44. The van der Waals surface area contributed by atoms with Crippen molar-refractivity contribution < 1.29 is 4.42 Å². The van der Waals surface area contributed by atoms with Gasteiger partial charge in [-0.05, 0) is 53.5 Å². The quantitative estimate of drug-likeness (QED) is 0.894. The normalized spacial score (nSPS) is 12.4.